The first-order valence-electron chi connectivity index (χ1n) is 6.63. The molecule has 5 nitrogen and oxygen atoms in total. The van der Waals surface area contributed by atoms with Gasteiger partial charge in [0.2, 0.25) is 0 Å². The predicted molar refractivity (Wildman–Crippen MR) is 76.8 cm³/mol. The zero-order valence-electron chi connectivity index (χ0n) is 12.2. The molecule has 0 heterocycles. The molecule has 0 N–H and O–H groups in total. The Morgan fingerprint density at radius 2 is 1.70 bits per heavy atom. The summed E-state index contributed by atoms with van der Waals surface area (Å²) in [6.45, 7) is 4.44. The molecule has 0 aliphatic carbocycles. The fraction of sp³-hybridized carbons (Fsp3) is 0.533. The van der Waals surface area contributed by atoms with Gasteiger partial charge in [-0.1, -0.05) is 6.07 Å². The molecule has 0 radical (unpaired) electrons. The maximum atomic E-state index is 8.83. The van der Waals surface area contributed by atoms with Gasteiger partial charge in [0.1, 0.15) is 12.4 Å². The maximum absolute atomic E-state index is 8.83. The van der Waals surface area contributed by atoms with Gasteiger partial charge in [-0.25, -0.2) is 0 Å². The zero-order chi connectivity index (χ0) is 14.6. The number of ether oxygens (including phenoxy) is 3. The van der Waals surface area contributed by atoms with E-state index in [1.165, 1.54) is 0 Å². The molecule has 0 aliphatic heterocycles. The van der Waals surface area contributed by atoms with Gasteiger partial charge in [0.25, 0.3) is 0 Å². The number of benzene rings is 1. The summed E-state index contributed by atoms with van der Waals surface area (Å²) in [4.78, 5) is 2.22. The van der Waals surface area contributed by atoms with Gasteiger partial charge in [-0.3, -0.25) is 4.90 Å². The summed E-state index contributed by atoms with van der Waals surface area (Å²) < 4.78 is 15.8. The molecule has 0 saturated carbocycles. The second-order valence-corrected chi connectivity index (χ2v) is 4.32. The van der Waals surface area contributed by atoms with Crippen molar-refractivity contribution in [2.75, 3.05) is 53.7 Å². The van der Waals surface area contributed by atoms with E-state index in [2.05, 4.69) is 11.0 Å². The van der Waals surface area contributed by atoms with Crippen LogP contribution in [0, 0.1) is 11.3 Å². The summed E-state index contributed by atoms with van der Waals surface area (Å²) in [6, 6.07) is 9.28. The van der Waals surface area contributed by atoms with Crippen molar-refractivity contribution in [1.82, 2.24) is 4.90 Å². The second kappa shape index (κ2) is 10.2. The van der Waals surface area contributed by atoms with Crippen LogP contribution in [0.25, 0.3) is 0 Å². The van der Waals surface area contributed by atoms with Gasteiger partial charge in [0, 0.05) is 33.9 Å². The highest BCUT2D eigenvalue weighted by molar-refractivity contribution is 5.36. The average Bonchev–Trinajstić information content (AvgIpc) is 2.49. The largest absolute Gasteiger partial charge is 0.492 e. The summed E-state index contributed by atoms with van der Waals surface area (Å²) in [5.74, 6) is 0.725. The highest BCUT2D eigenvalue weighted by Crippen LogP contribution is 2.12. The lowest BCUT2D eigenvalue weighted by Gasteiger charge is -2.21. The fourth-order valence-electron chi connectivity index (χ4n) is 1.72. The summed E-state index contributed by atoms with van der Waals surface area (Å²) in [5, 5.41) is 8.83. The van der Waals surface area contributed by atoms with E-state index in [1.54, 1.807) is 26.4 Å². The molecule has 0 saturated heterocycles. The van der Waals surface area contributed by atoms with E-state index in [4.69, 9.17) is 19.5 Å². The molecule has 1 rings (SSSR count). The first-order chi connectivity index (χ1) is 9.80. The summed E-state index contributed by atoms with van der Waals surface area (Å²) >= 11 is 0. The van der Waals surface area contributed by atoms with Gasteiger partial charge in [0.15, 0.2) is 0 Å². The lowest BCUT2D eigenvalue weighted by Crippen LogP contribution is -2.34. The molecule has 0 atom stereocenters. The van der Waals surface area contributed by atoms with Gasteiger partial charge in [-0.2, -0.15) is 5.26 Å². The van der Waals surface area contributed by atoms with Crippen LogP contribution < -0.4 is 4.74 Å². The fourth-order valence-corrected chi connectivity index (χ4v) is 1.72. The predicted octanol–water partition coefficient (Wildman–Crippen LogP) is 1.53. The van der Waals surface area contributed by atoms with Crippen molar-refractivity contribution in [3.8, 4) is 11.8 Å². The number of nitrogens with zero attached hydrogens (tertiary/aromatic N) is 2. The van der Waals surface area contributed by atoms with Crippen molar-refractivity contribution in [1.29, 1.82) is 5.26 Å². The minimum absolute atomic E-state index is 0.572. The van der Waals surface area contributed by atoms with Crippen molar-refractivity contribution in [2.24, 2.45) is 0 Å². The van der Waals surface area contributed by atoms with Gasteiger partial charge in [-0.15, -0.1) is 0 Å². The third-order valence-electron chi connectivity index (χ3n) is 2.86. The second-order valence-electron chi connectivity index (χ2n) is 4.32. The van der Waals surface area contributed by atoms with Crippen LogP contribution in [-0.4, -0.2) is 58.6 Å². The van der Waals surface area contributed by atoms with E-state index in [0.29, 0.717) is 25.4 Å². The van der Waals surface area contributed by atoms with E-state index in [-0.39, 0.29) is 0 Å². The Labute approximate surface area is 120 Å². The van der Waals surface area contributed by atoms with E-state index in [9.17, 15) is 0 Å². The number of rotatable bonds is 10. The normalized spacial score (nSPS) is 10.5. The molecule has 0 aromatic heterocycles. The standard InChI is InChI=1S/C15H22N2O3/c1-18-9-6-17(7-10-19-2)8-11-20-15-5-3-4-14(12-15)13-16/h3-5,12H,6-11H2,1-2H3. The summed E-state index contributed by atoms with van der Waals surface area (Å²) in [5.41, 5.74) is 0.609. The molecular formula is C15H22N2O3. The van der Waals surface area contributed by atoms with Crippen molar-refractivity contribution in [3.05, 3.63) is 29.8 Å². The molecule has 0 bridgehead atoms. The minimum atomic E-state index is 0.572. The third kappa shape index (κ3) is 6.53. The molecule has 0 aliphatic rings. The van der Waals surface area contributed by atoms with Crippen LogP contribution in [0.2, 0.25) is 0 Å². The summed E-state index contributed by atoms with van der Waals surface area (Å²) in [6.07, 6.45) is 0. The zero-order valence-corrected chi connectivity index (χ0v) is 12.2. The van der Waals surface area contributed by atoms with Gasteiger partial charge in [0.05, 0.1) is 24.8 Å². The number of methoxy groups -OCH3 is 2. The molecule has 0 unspecified atom stereocenters. The first-order valence-corrected chi connectivity index (χ1v) is 6.63. The van der Waals surface area contributed by atoms with E-state index in [1.807, 2.05) is 12.1 Å². The smallest absolute Gasteiger partial charge is 0.120 e. The van der Waals surface area contributed by atoms with Crippen molar-refractivity contribution in [3.63, 3.8) is 0 Å². The molecule has 110 valence electrons. The van der Waals surface area contributed by atoms with Crippen LogP contribution in [0.3, 0.4) is 0 Å². The van der Waals surface area contributed by atoms with Crippen LogP contribution >= 0.6 is 0 Å². The van der Waals surface area contributed by atoms with Crippen LogP contribution in [0.4, 0.5) is 0 Å². The molecule has 5 heteroatoms. The van der Waals surface area contributed by atoms with Crippen LogP contribution in [0.5, 0.6) is 5.75 Å². The molecular weight excluding hydrogens is 256 g/mol. The van der Waals surface area contributed by atoms with Gasteiger partial charge < -0.3 is 14.2 Å². The Morgan fingerprint density at radius 3 is 2.30 bits per heavy atom. The molecule has 20 heavy (non-hydrogen) atoms. The highest BCUT2D eigenvalue weighted by Gasteiger charge is 2.05. The van der Waals surface area contributed by atoms with Crippen molar-refractivity contribution in [2.45, 2.75) is 0 Å². The van der Waals surface area contributed by atoms with Crippen LogP contribution in [-0.2, 0) is 9.47 Å². The molecule has 0 spiro atoms. The molecule has 0 fully saturated rings. The number of hydrogen-bond acceptors (Lipinski definition) is 5. The summed E-state index contributed by atoms with van der Waals surface area (Å²) in [7, 11) is 3.39. The number of hydrogen-bond donors (Lipinski definition) is 0. The maximum Gasteiger partial charge on any atom is 0.120 e. The van der Waals surface area contributed by atoms with E-state index < -0.39 is 0 Å². The topological polar surface area (TPSA) is 54.7 Å². The van der Waals surface area contributed by atoms with E-state index >= 15 is 0 Å². The average molecular weight is 278 g/mol. The van der Waals surface area contributed by atoms with Crippen LogP contribution in [0.15, 0.2) is 24.3 Å². The Kier molecular flexibility index (Phi) is 8.40. The Balaban J connectivity index is 2.36. The highest BCUT2D eigenvalue weighted by atomic mass is 16.5. The van der Waals surface area contributed by atoms with Gasteiger partial charge >= 0.3 is 0 Å². The molecule has 0 amide bonds. The van der Waals surface area contributed by atoms with E-state index in [0.717, 1.165) is 25.4 Å². The lowest BCUT2D eigenvalue weighted by atomic mass is 10.2. The van der Waals surface area contributed by atoms with Crippen molar-refractivity contribution >= 4 is 0 Å². The van der Waals surface area contributed by atoms with Gasteiger partial charge in [-0.05, 0) is 18.2 Å². The van der Waals surface area contributed by atoms with Crippen molar-refractivity contribution < 1.29 is 14.2 Å². The van der Waals surface area contributed by atoms with Crippen LogP contribution in [0.1, 0.15) is 5.56 Å². The quantitative estimate of drug-likeness (QED) is 0.649. The third-order valence-corrected chi connectivity index (χ3v) is 2.86. The Hall–Kier alpha value is -1.61. The lowest BCUT2D eigenvalue weighted by molar-refractivity contribution is 0.104. The SMILES string of the molecule is COCCN(CCOC)CCOc1cccc(C#N)c1. The monoisotopic (exact) mass is 278 g/mol. The number of nitriles is 1. The first kappa shape index (κ1) is 16.4. The molecule has 1 aromatic carbocycles. The minimum Gasteiger partial charge on any atom is -0.492 e. The Bertz CT molecular complexity index is 410. The molecule has 1 aromatic rings. The Morgan fingerprint density at radius 1 is 1.05 bits per heavy atom.